The minimum atomic E-state index is -0.0851. The van der Waals surface area contributed by atoms with Gasteiger partial charge in [-0.2, -0.15) is 0 Å². The average Bonchev–Trinajstić information content (AvgIpc) is 2.77. The summed E-state index contributed by atoms with van der Waals surface area (Å²) in [6, 6.07) is 3.15. The molecule has 1 heterocycles. The number of anilines is 2. The molecule has 6 heteroatoms. The molecule has 4 nitrogen and oxygen atoms in total. The quantitative estimate of drug-likeness (QED) is 0.838. The van der Waals surface area contributed by atoms with Gasteiger partial charge in [-0.15, -0.1) is 0 Å². The van der Waals surface area contributed by atoms with E-state index in [-0.39, 0.29) is 5.91 Å². The number of hydrogen-bond donors (Lipinski definition) is 2. The first kappa shape index (κ1) is 15.4. The van der Waals surface area contributed by atoms with Crippen molar-refractivity contribution in [2.75, 3.05) is 30.7 Å². The summed E-state index contributed by atoms with van der Waals surface area (Å²) in [5.74, 6) is 0.636. The molecule has 1 aliphatic rings. The third-order valence-corrected chi connectivity index (χ3v) is 4.09. The van der Waals surface area contributed by atoms with E-state index in [4.69, 9.17) is 28.9 Å². The molecule has 0 spiro atoms. The van der Waals surface area contributed by atoms with E-state index >= 15 is 0 Å². The minimum absolute atomic E-state index is 0.0851. The van der Waals surface area contributed by atoms with Crippen LogP contribution in [0.4, 0.5) is 11.4 Å². The lowest BCUT2D eigenvalue weighted by atomic mass is 10.2. The Morgan fingerprint density at radius 2 is 2.10 bits per heavy atom. The van der Waals surface area contributed by atoms with Crippen LogP contribution >= 0.6 is 23.2 Å². The molecule has 20 heavy (non-hydrogen) atoms. The van der Waals surface area contributed by atoms with E-state index < -0.39 is 0 Å². The number of rotatable bonds is 4. The molecular weight excluding hydrogens is 297 g/mol. The molecule has 0 aromatic heterocycles. The smallest absolute Gasteiger partial charge is 0.225 e. The van der Waals surface area contributed by atoms with Crippen molar-refractivity contribution >= 4 is 40.5 Å². The summed E-state index contributed by atoms with van der Waals surface area (Å²) in [6.07, 6.45) is 1.64. The summed E-state index contributed by atoms with van der Waals surface area (Å²) in [5.41, 5.74) is 6.53. The molecule has 1 aromatic carbocycles. The molecule has 0 saturated carbocycles. The molecule has 1 amide bonds. The molecule has 1 aromatic rings. The third kappa shape index (κ3) is 4.01. The number of likely N-dealkylation sites (tertiary alicyclic amines) is 1. The van der Waals surface area contributed by atoms with Crippen molar-refractivity contribution in [3.8, 4) is 0 Å². The fourth-order valence-electron chi connectivity index (χ4n) is 2.40. The van der Waals surface area contributed by atoms with Crippen molar-refractivity contribution < 1.29 is 4.79 Å². The number of benzene rings is 1. The summed E-state index contributed by atoms with van der Waals surface area (Å²) in [7, 11) is 0. The van der Waals surface area contributed by atoms with Crippen molar-refractivity contribution in [1.82, 2.24) is 4.90 Å². The van der Waals surface area contributed by atoms with Gasteiger partial charge in [0.25, 0.3) is 0 Å². The lowest BCUT2D eigenvalue weighted by Gasteiger charge is -2.15. The maximum Gasteiger partial charge on any atom is 0.225 e. The van der Waals surface area contributed by atoms with Gasteiger partial charge in [0, 0.05) is 25.2 Å². The number of hydrogen-bond acceptors (Lipinski definition) is 3. The molecule has 1 fully saturated rings. The predicted octanol–water partition coefficient (Wildman–Crippen LogP) is 3.25. The van der Waals surface area contributed by atoms with Gasteiger partial charge in [0.05, 0.1) is 15.7 Å². The van der Waals surface area contributed by atoms with Gasteiger partial charge in [0.2, 0.25) is 5.91 Å². The highest BCUT2D eigenvalue weighted by Crippen LogP contribution is 2.32. The highest BCUT2D eigenvalue weighted by atomic mass is 35.5. The standard InChI is InChI=1S/C14H19Cl2N3O/c1-9-2-4-19(8-9)5-3-13(20)18-14-11(15)6-10(17)7-12(14)16/h6-7,9H,2-5,8,17H2,1H3,(H,18,20). The Morgan fingerprint density at radius 3 is 2.65 bits per heavy atom. The van der Waals surface area contributed by atoms with E-state index in [1.165, 1.54) is 6.42 Å². The molecule has 1 aliphatic heterocycles. The van der Waals surface area contributed by atoms with E-state index in [1.54, 1.807) is 12.1 Å². The fourth-order valence-corrected chi connectivity index (χ4v) is 3.00. The topological polar surface area (TPSA) is 58.4 Å². The molecule has 1 saturated heterocycles. The minimum Gasteiger partial charge on any atom is -0.399 e. The van der Waals surface area contributed by atoms with Crippen LogP contribution in [0.1, 0.15) is 19.8 Å². The second kappa shape index (κ2) is 6.66. The first-order valence-corrected chi connectivity index (χ1v) is 7.48. The van der Waals surface area contributed by atoms with Gasteiger partial charge < -0.3 is 16.0 Å². The zero-order valence-corrected chi connectivity index (χ0v) is 13.0. The molecule has 0 radical (unpaired) electrons. The van der Waals surface area contributed by atoms with Gasteiger partial charge in [0.1, 0.15) is 0 Å². The van der Waals surface area contributed by atoms with Crippen LogP contribution < -0.4 is 11.1 Å². The molecule has 0 aliphatic carbocycles. The van der Waals surface area contributed by atoms with Crippen LogP contribution in [-0.2, 0) is 4.79 Å². The van der Waals surface area contributed by atoms with Crippen molar-refractivity contribution in [2.24, 2.45) is 5.92 Å². The molecule has 1 unspecified atom stereocenters. The predicted molar refractivity (Wildman–Crippen MR) is 84.3 cm³/mol. The second-order valence-electron chi connectivity index (χ2n) is 5.35. The second-order valence-corrected chi connectivity index (χ2v) is 6.17. The highest BCUT2D eigenvalue weighted by molar-refractivity contribution is 6.40. The van der Waals surface area contributed by atoms with Crippen LogP contribution in [-0.4, -0.2) is 30.4 Å². The summed E-state index contributed by atoms with van der Waals surface area (Å²) in [4.78, 5) is 14.3. The Morgan fingerprint density at radius 1 is 1.45 bits per heavy atom. The van der Waals surface area contributed by atoms with E-state index in [0.717, 1.165) is 25.6 Å². The van der Waals surface area contributed by atoms with Crippen molar-refractivity contribution in [3.63, 3.8) is 0 Å². The zero-order valence-electron chi connectivity index (χ0n) is 11.5. The maximum atomic E-state index is 12.0. The van der Waals surface area contributed by atoms with E-state index in [9.17, 15) is 4.79 Å². The first-order chi connectivity index (χ1) is 9.45. The highest BCUT2D eigenvalue weighted by Gasteiger charge is 2.19. The first-order valence-electron chi connectivity index (χ1n) is 6.72. The number of carbonyl (C=O) groups is 1. The zero-order chi connectivity index (χ0) is 14.7. The van der Waals surface area contributed by atoms with Gasteiger partial charge in [-0.1, -0.05) is 30.1 Å². The normalized spacial score (nSPS) is 19.2. The van der Waals surface area contributed by atoms with Crippen molar-refractivity contribution in [2.45, 2.75) is 19.8 Å². The molecule has 2 rings (SSSR count). The van der Waals surface area contributed by atoms with Crippen molar-refractivity contribution in [3.05, 3.63) is 22.2 Å². The van der Waals surface area contributed by atoms with E-state index in [2.05, 4.69) is 17.1 Å². The molecule has 110 valence electrons. The number of nitrogens with zero attached hydrogens (tertiary/aromatic N) is 1. The van der Waals surface area contributed by atoms with Crippen LogP contribution in [0.3, 0.4) is 0 Å². The Hall–Kier alpha value is -0.970. The van der Waals surface area contributed by atoms with Crippen LogP contribution in [0.2, 0.25) is 10.0 Å². The van der Waals surface area contributed by atoms with Gasteiger partial charge in [-0.25, -0.2) is 0 Å². The van der Waals surface area contributed by atoms with Crippen LogP contribution in [0, 0.1) is 5.92 Å². The largest absolute Gasteiger partial charge is 0.399 e. The van der Waals surface area contributed by atoms with Crippen LogP contribution in [0.25, 0.3) is 0 Å². The average molecular weight is 316 g/mol. The Kier molecular flexibility index (Phi) is 5.13. The summed E-state index contributed by atoms with van der Waals surface area (Å²) in [6.45, 7) is 5.13. The monoisotopic (exact) mass is 315 g/mol. The SMILES string of the molecule is CC1CCN(CCC(=O)Nc2c(Cl)cc(N)cc2Cl)C1. The molecule has 3 N–H and O–H groups in total. The number of amides is 1. The van der Waals surface area contributed by atoms with Crippen molar-refractivity contribution in [1.29, 1.82) is 0 Å². The number of nitrogens with two attached hydrogens (primary N) is 1. The number of nitrogens with one attached hydrogen (secondary N) is 1. The van der Waals surface area contributed by atoms with Crippen LogP contribution in [0.15, 0.2) is 12.1 Å². The Balaban J connectivity index is 1.88. The van der Waals surface area contributed by atoms with Gasteiger partial charge >= 0.3 is 0 Å². The van der Waals surface area contributed by atoms with E-state index in [0.29, 0.717) is 27.8 Å². The maximum absolute atomic E-state index is 12.0. The van der Waals surface area contributed by atoms with Gasteiger partial charge in [0.15, 0.2) is 0 Å². The van der Waals surface area contributed by atoms with Gasteiger partial charge in [-0.05, 0) is 31.0 Å². The Bertz CT molecular complexity index is 484. The fraction of sp³-hybridized carbons (Fsp3) is 0.500. The van der Waals surface area contributed by atoms with Crippen LogP contribution in [0.5, 0.6) is 0 Å². The number of nitrogen functional groups attached to an aromatic ring is 1. The molecule has 0 bridgehead atoms. The van der Waals surface area contributed by atoms with Gasteiger partial charge in [-0.3, -0.25) is 4.79 Å². The summed E-state index contributed by atoms with van der Waals surface area (Å²) >= 11 is 12.1. The Labute approximate surface area is 129 Å². The molecular formula is C14H19Cl2N3O. The lowest BCUT2D eigenvalue weighted by Crippen LogP contribution is -2.25. The summed E-state index contributed by atoms with van der Waals surface area (Å²) in [5, 5.41) is 3.47. The number of halogens is 2. The third-order valence-electron chi connectivity index (χ3n) is 3.49. The molecule has 1 atom stereocenters. The number of carbonyl (C=O) groups excluding carboxylic acids is 1. The lowest BCUT2D eigenvalue weighted by molar-refractivity contribution is -0.116. The van der Waals surface area contributed by atoms with E-state index in [1.807, 2.05) is 0 Å². The summed E-state index contributed by atoms with van der Waals surface area (Å²) < 4.78 is 0.